The van der Waals surface area contributed by atoms with Crippen LogP contribution in [0.1, 0.15) is 20.7 Å². The van der Waals surface area contributed by atoms with E-state index in [1.54, 1.807) is 54.6 Å². The highest BCUT2D eigenvalue weighted by molar-refractivity contribution is 7.80. The quantitative estimate of drug-likeness (QED) is 0.172. The third kappa shape index (κ3) is 8.17. The molecule has 0 spiro atoms. The van der Waals surface area contributed by atoms with Crippen LogP contribution in [0.3, 0.4) is 0 Å². The van der Waals surface area contributed by atoms with Crippen molar-refractivity contribution in [3.8, 4) is 17.2 Å². The van der Waals surface area contributed by atoms with E-state index in [0.29, 0.717) is 35.8 Å². The molecular weight excluding hydrogens is 466 g/mol. The van der Waals surface area contributed by atoms with Crippen LogP contribution < -0.4 is 30.4 Å². The number of para-hydroxylation sites is 2. The summed E-state index contributed by atoms with van der Waals surface area (Å²) in [6.45, 7) is 4.51. The zero-order valence-electron chi connectivity index (χ0n) is 18.9. The number of amides is 2. The van der Waals surface area contributed by atoms with Crippen molar-refractivity contribution in [1.82, 2.24) is 16.2 Å². The summed E-state index contributed by atoms with van der Waals surface area (Å²) in [5, 5.41) is 2.44. The average molecular weight is 492 g/mol. The molecule has 3 N–H and O–H groups in total. The van der Waals surface area contributed by atoms with Gasteiger partial charge in [-0.25, -0.2) is 0 Å². The topological polar surface area (TPSA) is 97.9 Å². The van der Waals surface area contributed by atoms with Crippen molar-refractivity contribution in [2.24, 2.45) is 0 Å². The first kappa shape index (κ1) is 25.3. The summed E-state index contributed by atoms with van der Waals surface area (Å²) >= 11 is 5.12. The maximum absolute atomic E-state index is 12.5. The van der Waals surface area contributed by atoms with Gasteiger partial charge in [0.25, 0.3) is 11.8 Å². The molecule has 0 saturated heterocycles. The van der Waals surface area contributed by atoms with E-state index in [9.17, 15) is 9.59 Å². The molecule has 3 aromatic carbocycles. The molecule has 0 bridgehead atoms. The zero-order valence-corrected chi connectivity index (χ0v) is 19.7. The summed E-state index contributed by atoms with van der Waals surface area (Å²) in [5.74, 6) is 0.724. The molecule has 35 heavy (non-hydrogen) atoms. The Balaban J connectivity index is 1.46. The molecule has 3 aromatic rings. The second kappa shape index (κ2) is 13.4. The van der Waals surface area contributed by atoms with Crippen LogP contribution in [0, 0.1) is 0 Å². The van der Waals surface area contributed by atoms with Gasteiger partial charge < -0.3 is 14.2 Å². The lowest BCUT2D eigenvalue weighted by Gasteiger charge is -2.13. The number of carbonyl (C=O) groups is 2. The molecule has 180 valence electrons. The van der Waals surface area contributed by atoms with E-state index in [1.165, 1.54) is 0 Å². The normalized spacial score (nSPS) is 9.94. The van der Waals surface area contributed by atoms with Crippen LogP contribution in [-0.2, 0) is 0 Å². The first-order valence-corrected chi connectivity index (χ1v) is 11.1. The van der Waals surface area contributed by atoms with Crippen LogP contribution in [-0.4, -0.2) is 36.7 Å². The summed E-state index contributed by atoms with van der Waals surface area (Å²) in [6.07, 6.45) is 1.58. The van der Waals surface area contributed by atoms with Gasteiger partial charge in [-0.1, -0.05) is 49.1 Å². The molecule has 0 fully saturated rings. The van der Waals surface area contributed by atoms with Gasteiger partial charge in [0.05, 0.1) is 5.56 Å². The van der Waals surface area contributed by atoms with Gasteiger partial charge in [-0.15, -0.1) is 0 Å². The Hall–Kier alpha value is -4.37. The minimum absolute atomic E-state index is 0.0737. The van der Waals surface area contributed by atoms with E-state index in [4.69, 9.17) is 26.4 Å². The maximum Gasteiger partial charge on any atom is 0.273 e. The lowest BCUT2D eigenvalue weighted by atomic mass is 10.2. The lowest BCUT2D eigenvalue weighted by molar-refractivity contribution is 0.0931. The van der Waals surface area contributed by atoms with Gasteiger partial charge in [-0.2, -0.15) is 0 Å². The van der Waals surface area contributed by atoms with Gasteiger partial charge in [0, 0.05) is 5.56 Å². The Morgan fingerprint density at radius 2 is 1.49 bits per heavy atom. The van der Waals surface area contributed by atoms with Crippen molar-refractivity contribution in [3.05, 3.63) is 103 Å². The fraction of sp³-hybridized carbons (Fsp3) is 0.115. The predicted molar refractivity (Wildman–Crippen MR) is 137 cm³/mol. The molecule has 0 unspecified atom stereocenters. The van der Waals surface area contributed by atoms with Crippen LogP contribution >= 0.6 is 12.2 Å². The number of ether oxygens (including phenoxy) is 3. The second-order valence-corrected chi connectivity index (χ2v) is 7.40. The van der Waals surface area contributed by atoms with E-state index in [2.05, 4.69) is 22.7 Å². The number of hydrogen-bond acceptors (Lipinski definition) is 6. The smallest absolute Gasteiger partial charge is 0.273 e. The van der Waals surface area contributed by atoms with Crippen molar-refractivity contribution in [3.63, 3.8) is 0 Å². The molecule has 0 heterocycles. The molecule has 0 atom stereocenters. The lowest BCUT2D eigenvalue weighted by Crippen LogP contribution is -2.48. The summed E-state index contributed by atoms with van der Waals surface area (Å²) in [4.78, 5) is 25.0. The molecule has 0 radical (unpaired) electrons. The molecule has 3 rings (SSSR count). The first-order valence-electron chi connectivity index (χ1n) is 10.7. The van der Waals surface area contributed by atoms with Crippen molar-refractivity contribution in [2.45, 2.75) is 0 Å². The summed E-state index contributed by atoms with van der Waals surface area (Å²) in [6, 6.07) is 22.8. The Kier molecular flexibility index (Phi) is 9.64. The van der Waals surface area contributed by atoms with Crippen LogP contribution in [0.5, 0.6) is 17.2 Å². The Labute approximate surface area is 208 Å². The summed E-state index contributed by atoms with van der Waals surface area (Å²) in [5.41, 5.74) is 5.60. The summed E-state index contributed by atoms with van der Waals surface area (Å²) < 4.78 is 16.7. The number of hydrogen-bond donors (Lipinski definition) is 3. The van der Waals surface area contributed by atoms with E-state index in [-0.39, 0.29) is 11.7 Å². The van der Waals surface area contributed by atoms with Crippen molar-refractivity contribution >= 4 is 29.1 Å². The standard InChI is InChI=1S/C26H25N3O5S/c1-2-15-34-23-14-7-6-13-22(23)25(31)28-29-26(35)27-24(30)19-9-8-12-21(18-19)33-17-16-32-20-10-4-3-5-11-20/h2-14,18H,1,15-17H2,(H,28,31)(H2,27,29,30,35). The molecule has 2 amide bonds. The molecule has 8 nitrogen and oxygen atoms in total. The van der Waals surface area contributed by atoms with Crippen LogP contribution in [0.4, 0.5) is 0 Å². The van der Waals surface area contributed by atoms with Gasteiger partial charge in [0.2, 0.25) is 0 Å². The van der Waals surface area contributed by atoms with E-state index < -0.39 is 11.8 Å². The molecule has 0 aliphatic rings. The number of carbonyl (C=O) groups excluding carboxylic acids is 2. The second-order valence-electron chi connectivity index (χ2n) is 7.00. The number of hydrazine groups is 1. The first-order chi connectivity index (χ1) is 17.1. The zero-order chi connectivity index (χ0) is 24.9. The maximum atomic E-state index is 12.5. The predicted octanol–water partition coefficient (Wildman–Crippen LogP) is 3.66. The SMILES string of the molecule is C=CCOc1ccccc1C(=O)NNC(=S)NC(=O)c1cccc(OCCOc2ccccc2)c1. The van der Waals surface area contributed by atoms with Gasteiger partial charge in [-0.05, 0) is 54.7 Å². The average Bonchev–Trinajstić information content (AvgIpc) is 2.89. The van der Waals surface area contributed by atoms with Gasteiger partial charge in [-0.3, -0.25) is 25.8 Å². The number of nitrogens with one attached hydrogen (secondary N) is 3. The van der Waals surface area contributed by atoms with Crippen molar-refractivity contribution in [1.29, 1.82) is 0 Å². The Morgan fingerprint density at radius 3 is 2.26 bits per heavy atom. The number of thiocarbonyl (C=S) groups is 1. The highest BCUT2D eigenvalue weighted by Crippen LogP contribution is 2.17. The van der Waals surface area contributed by atoms with Crippen molar-refractivity contribution in [2.75, 3.05) is 19.8 Å². The number of benzene rings is 3. The van der Waals surface area contributed by atoms with E-state index in [0.717, 1.165) is 5.75 Å². The van der Waals surface area contributed by atoms with E-state index in [1.807, 2.05) is 30.3 Å². The molecule has 9 heteroatoms. The highest BCUT2D eigenvalue weighted by Gasteiger charge is 2.13. The van der Waals surface area contributed by atoms with Crippen LogP contribution in [0.15, 0.2) is 91.5 Å². The molecular formula is C26H25N3O5S. The highest BCUT2D eigenvalue weighted by atomic mass is 32.1. The molecule has 0 saturated carbocycles. The third-order valence-electron chi connectivity index (χ3n) is 4.47. The van der Waals surface area contributed by atoms with Gasteiger partial charge >= 0.3 is 0 Å². The fourth-order valence-electron chi connectivity index (χ4n) is 2.88. The number of rotatable bonds is 10. The third-order valence-corrected chi connectivity index (χ3v) is 4.67. The molecule has 0 aliphatic carbocycles. The van der Waals surface area contributed by atoms with Crippen molar-refractivity contribution < 1.29 is 23.8 Å². The minimum atomic E-state index is -0.477. The fourth-order valence-corrected chi connectivity index (χ4v) is 3.02. The minimum Gasteiger partial charge on any atom is -0.490 e. The monoisotopic (exact) mass is 491 g/mol. The summed E-state index contributed by atoms with van der Waals surface area (Å²) in [7, 11) is 0. The van der Waals surface area contributed by atoms with E-state index >= 15 is 0 Å². The Bertz CT molecular complexity index is 1170. The molecule has 0 aromatic heterocycles. The van der Waals surface area contributed by atoms with Gasteiger partial charge in [0.15, 0.2) is 5.11 Å². The van der Waals surface area contributed by atoms with Gasteiger partial charge in [0.1, 0.15) is 37.1 Å². The molecule has 0 aliphatic heterocycles. The largest absolute Gasteiger partial charge is 0.490 e. The Morgan fingerprint density at radius 1 is 0.800 bits per heavy atom. The van der Waals surface area contributed by atoms with Crippen LogP contribution in [0.2, 0.25) is 0 Å². The van der Waals surface area contributed by atoms with Crippen LogP contribution in [0.25, 0.3) is 0 Å².